The first-order valence-corrected chi connectivity index (χ1v) is 7.15. The first-order chi connectivity index (χ1) is 7.31. The van der Waals surface area contributed by atoms with Crippen molar-refractivity contribution in [1.82, 2.24) is 0 Å². The van der Waals surface area contributed by atoms with E-state index < -0.39 is 0 Å². The molecule has 0 atom stereocenters. The summed E-state index contributed by atoms with van der Waals surface area (Å²) < 4.78 is 1.42. The highest BCUT2D eigenvalue weighted by atomic mass is 35.5. The summed E-state index contributed by atoms with van der Waals surface area (Å²) in [5.74, 6) is 0. The van der Waals surface area contributed by atoms with Gasteiger partial charge in [0.1, 0.15) is 0 Å². The number of halogens is 1. The lowest BCUT2D eigenvalue weighted by Crippen LogP contribution is -3.00. The van der Waals surface area contributed by atoms with E-state index in [-0.39, 0.29) is 12.4 Å². The van der Waals surface area contributed by atoms with Crippen LogP contribution in [0.15, 0.2) is 0 Å². The van der Waals surface area contributed by atoms with Crippen LogP contribution in [0.4, 0.5) is 0 Å². The summed E-state index contributed by atoms with van der Waals surface area (Å²) in [6.07, 6.45) is 14.9. The van der Waals surface area contributed by atoms with Gasteiger partial charge in [-0.1, -0.05) is 12.8 Å². The van der Waals surface area contributed by atoms with Crippen LogP contribution in [0.1, 0.15) is 64.2 Å². The van der Waals surface area contributed by atoms with E-state index in [1.165, 1.54) is 81.8 Å². The molecule has 0 radical (unpaired) electrons. The van der Waals surface area contributed by atoms with E-state index in [4.69, 9.17) is 0 Å². The van der Waals surface area contributed by atoms with E-state index in [9.17, 15) is 0 Å². The van der Waals surface area contributed by atoms with Crippen LogP contribution in [-0.4, -0.2) is 30.7 Å². The third kappa shape index (κ3) is 3.63. The number of likely N-dealkylation sites (tertiary alicyclic amines) is 1. The predicted molar refractivity (Wildman–Crippen MR) is 65.9 cm³/mol. The molecule has 2 heteroatoms. The van der Waals surface area contributed by atoms with Crippen molar-refractivity contribution < 1.29 is 16.9 Å². The minimum Gasteiger partial charge on any atom is -1.00 e. The van der Waals surface area contributed by atoms with Crippen molar-refractivity contribution in [2.24, 2.45) is 0 Å². The first-order valence-electron chi connectivity index (χ1n) is 7.15. The topological polar surface area (TPSA) is 0 Å². The molecule has 1 nitrogen and oxygen atoms in total. The van der Waals surface area contributed by atoms with Gasteiger partial charge in [-0.05, 0) is 51.4 Å². The number of hydrogen-bond donors (Lipinski definition) is 0. The normalized spacial score (nSPS) is 27.6. The fourth-order valence-corrected chi connectivity index (χ4v) is 3.66. The molecule has 0 spiro atoms. The summed E-state index contributed by atoms with van der Waals surface area (Å²) in [5, 5.41) is 0. The van der Waals surface area contributed by atoms with Crippen molar-refractivity contribution in [3.8, 4) is 0 Å². The Labute approximate surface area is 108 Å². The van der Waals surface area contributed by atoms with Gasteiger partial charge in [0.25, 0.3) is 0 Å². The van der Waals surface area contributed by atoms with Crippen LogP contribution in [0.3, 0.4) is 0 Å². The van der Waals surface area contributed by atoms with E-state index in [1.807, 2.05) is 0 Å². The van der Waals surface area contributed by atoms with E-state index in [1.54, 1.807) is 0 Å². The Bertz CT molecular complexity index is 177. The Hall–Kier alpha value is 0.250. The van der Waals surface area contributed by atoms with E-state index >= 15 is 0 Å². The number of quaternary nitrogens is 1. The quantitative estimate of drug-likeness (QED) is 0.472. The van der Waals surface area contributed by atoms with Gasteiger partial charge in [0.05, 0.1) is 26.2 Å². The second-order valence-electron chi connectivity index (χ2n) is 5.99. The number of nitrogens with zero attached hydrogens (tertiary/aromatic N) is 1. The summed E-state index contributed by atoms with van der Waals surface area (Å²) in [7, 11) is 2.54. The molecule has 0 aromatic heterocycles. The largest absolute Gasteiger partial charge is 1.00 e. The Morgan fingerprint density at radius 2 is 1.12 bits per heavy atom. The van der Waals surface area contributed by atoms with Gasteiger partial charge in [-0.15, -0.1) is 0 Å². The van der Waals surface area contributed by atoms with Crippen LogP contribution >= 0.6 is 0 Å². The van der Waals surface area contributed by atoms with Crippen LogP contribution < -0.4 is 12.4 Å². The average molecular weight is 246 g/mol. The molecule has 0 bridgehead atoms. The van der Waals surface area contributed by atoms with Crippen molar-refractivity contribution in [1.29, 1.82) is 0 Å². The van der Waals surface area contributed by atoms with Gasteiger partial charge in [0.15, 0.2) is 0 Å². The SMILES string of the molecule is C[N+]1(C2CCCCCC2)CCCCCC1.[Cl-]. The van der Waals surface area contributed by atoms with Crippen LogP contribution in [0.5, 0.6) is 0 Å². The molecular formula is C14H28ClN. The Balaban J connectivity index is 0.00000128. The summed E-state index contributed by atoms with van der Waals surface area (Å²) >= 11 is 0. The zero-order valence-corrected chi connectivity index (χ0v) is 11.6. The lowest BCUT2D eigenvalue weighted by atomic mass is 10.0. The molecule has 1 saturated carbocycles. The van der Waals surface area contributed by atoms with Crippen molar-refractivity contribution in [2.75, 3.05) is 20.1 Å². The van der Waals surface area contributed by atoms with Gasteiger partial charge in [0, 0.05) is 0 Å². The van der Waals surface area contributed by atoms with Crippen LogP contribution in [0.25, 0.3) is 0 Å². The molecule has 1 aliphatic carbocycles. The highest BCUT2D eigenvalue weighted by Gasteiger charge is 2.32. The maximum absolute atomic E-state index is 2.54. The van der Waals surface area contributed by atoms with Crippen LogP contribution in [0.2, 0.25) is 0 Å². The average Bonchev–Trinajstić information content (AvgIpc) is 2.60. The molecule has 0 aromatic rings. The third-order valence-electron chi connectivity index (χ3n) is 4.79. The van der Waals surface area contributed by atoms with Crippen molar-refractivity contribution >= 4 is 0 Å². The third-order valence-corrected chi connectivity index (χ3v) is 4.79. The second-order valence-corrected chi connectivity index (χ2v) is 5.99. The van der Waals surface area contributed by atoms with E-state index in [2.05, 4.69) is 7.05 Å². The zero-order valence-electron chi connectivity index (χ0n) is 10.9. The monoisotopic (exact) mass is 245 g/mol. The molecule has 1 saturated heterocycles. The minimum atomic E-state index is 0. The highest BCUT2D eigenvalue weighted by molar-refractivity contribution is 4.67. The molecule has 0 N–H and O–H groups in total. The predicted octanol–water partition coefficient (Wildman–Crippen LogP) is 0.734. The Morgan fingerprint density at radius 3 is 1.62 bits per heavy atom. The molecule has 1 heterocycles. The molecular weight excluding hydrogens is 218 g/mol. The molecule has 1 aliphatic heterocycles. The van der Waals surface area contributed by atoms with Crippen LogP contribution in [0, 0.1) is 0 Å². The fraction of sp³-hybridized carbons (Fsp3) is 1.00. The maximum Gasteiger partial charge on any atom is 0.0888 e. The fourth-order valence-electron chi connectivity index (χ4n) is 3.66. The molecule has 2 aliphatic rings. The lowest BCUT2D eigenvalue weighted by Gasteiger charge is -2.41. The van der Waals surface area contributed by atoms with Gasteiger partial charge < -0.3 is 16.9 Å². The van der Waals surface area contributed by atoms with Gasteiger partial charge >= 0.3 is 0 Å². The second kappa shape index (κ2) is 6.86. The standard InChI is InChI=1S/C14H28N.ClH/c1-15(12-8-4-5-9-13-15)14-10-6-2-3-7-11-14;/h14H,2-13H2,1H3;1H/q+1;/p-1. The molecule has 2 rings (SSSR count). The van der Waals surface area contributed by atoms with Crippen molar-refractivity contribution in [3.63, 3.8) is 0 Å². The molecule has 0 amide bonds. The Kier molecular flexibility index (Phi) is 6.13. The van der Waals surface area contributed by atoms with Gasteiger partial charge in [-0.3, -0.25) is 0 Å². The number of rotatable bonds is 1. The molecule has 2 fully saturated rings. The smallest absolute Gasteiger partial charge is 0.0888 e. The maximum atomic E-state index is 2.54. The Morgan fingerprint density at radius 1 is 0.688 bits per heavy atom. The van der Waals surface area contributed by atoms with Crippen LogP contribution in [-0.2, 0) is 0 Å². The summed E-state index contributed by atoms with van der Waals surface area (Å²) in [6, 6.07) is 1.01. The van der Waals surface area contributed by atoms with Gasteiger partial charge in [-0.25, -0.2) is 0 Å². The highest BCUT2D eigenvalue weighted by Crippen LogP contribution is 2.29. The molecule has 0 aromatic carbocycles. The van der Waals surface area contributed by atoms with Gasteiger partial charge in [0.2, 0.25) is 0 Å². The zero-order chi connectivity index (χ0) is 10.6. The molecule has 0 unspecified atom stereocenters. The van der Waals surface area contributed by atoms with Gasteiger partial charge in [-0.2, -0.15) is 0 Å². The van der Waals surface area contributed by atoms with E-state index in [0.29, 0.717) is 0 Å². The van der Waals surface area contributed by atoms with Crippen molar-refractivity contribution in [2.45, 2.75) is 70.3 Å². The summed E-state index contributed by atoms with van der Waals surface area (Å²) in [5.41, 5.74) is 0. The van der Waals surface area contributed by atoms with Crippen molar-refractivity contribution in [3.05, 3.63) is 0 Å². The minimum absolute atomic E-state index is 0. The molecule has 16 heavy (non-hydrogen) atoms. The summed E-state index contributed by atoms with van der Waals surface area (Å²) in [6.45, 7) is 2.93. The van der Waals surface area contributed by atoms with E-state index in [0.717, 1.165) is 6.04 Å². The summed E-state index contributed by atoms with van der Waals surface area (Å²) in [4.78, 5) is 0. The number of hydrogen-bond acceptors (Lipinski definition) is 0. The lowest BCUT2D eigenvalue weighted by molar-refractivity contribution is -0.933. The molecule has 96 valence electrons. The first kappa shape index (κ1) is 14.3.